The van der Waals surface area contributed by atoms with Gasteiger partial charge in [-0.1, -0.05) is 59.7 Å². The van der Waals surface area contributed by atoms with Gasteiger partial charge in [0.25, 0.3) is 0 Å². The van der Waals surface area contributed by atoms with E-state index in [-0.39, 0.29) is 5.41 Å². The molecule has 4 rings (SSSR count). The highest BCUT2D eigenvalue weighted by molar-refractivity contribution is 6.25. The fourth-order valence-electron chi connectivity index (χ4n) is 3.45. The Balaban J connectivity index is 1.97. The molecule has 3 aromatic rings. The largest absolute Gasteiger partial charge is 0.248 e. The summed E-state index contributed by atoms with van der Waals surface area (Å²) in [5, 5.41) is 0. The van der Waals surface area contributed by atoms with Crippen LogP contribution in [0.5, 0.6) is 0 Å². The molecule has 3 nitrogen and oxygen atoms in total. The maximum absolute atomic E-state index is 5.02. The number of hydrogen-bond acceptors (Lipinski definition) is 3. The van der Waals surface area contributed by atoms with Gasteiger partial charge in [0.1, 0.15) is 5.69 Å². The number of aryl methyl sites for hydroxylation is 2. The van der Waals surface area contributed by atoms with Crippen LogP contribution in [0.2, 0.25) is 0 Å². The number of pyridine rings is 1. The van der Waals surface area contributed by atoms with Gasteiger partial charge < -0.3 is 0 Å². The first-order chi connectivity index (χ1) is 12.9. The minimum Gasteiger partial charge on any atom is -0.248 e. The first kappa shape index (κ1) is 17.3. The molecule has 0 aliphatic carbocycles. The normalized spacial score (nSPS) is 15.4. The van der Waals surface area contributed by atoms with Gasteiger partial charge in [-0.2, -0.15) is 0 Å². The van der Waals surface area contributed by atoms with E-state index >= 15 is 0 Å². The molecular weight excluding hydrogens is 330 g/mol. The Morgan fingerprint density at radius 1 is 0.667 bits per heavy atom. The Labute approximate surface area is 160 Å². The van der Waals surface area contributed by atoms with E-state index < -0.39 is 0 Å². The van der Waals surface area contributed by atoms with Crippen LogP contribution in [0.25, 0.3) is 0 Å². The molecule has 2 aromatic carbocycles. The molecule has 0 saturated heterocycles. The van der Waals surface area contributed by atoms with Crippen LogP contribution < -0.4 is 0 Å². The summed E-state index contributed by atoms with van der Waals surface area (Å²) in [5.41, 5.74) is 7.12. The van der Waals surface area contributed by atoms with Gasteiger partial charge in [-0.15, -0.1) is 0 Å². The monoisotopic (exact) mass is 353 g/mol. The molecule has 0 radical (unpaired) electrons. The summed E-state index contributed by atoms with van der Waals surface area (Å²) in [4.78, 5) is 14.5. The molecular formula is C24H23N3. The zero-order valence-corrected chi connectivity index (χ0v) is 16.2. The van der Waals surface area contributed by atoms with Gasteiger partial charge in [-0.25, -0.2) is 15.0 Å². The van der Waals surface area contributed by atoms with E-state index in [1.807, 2.05) is 12.1 Å². The van der Waals surface area contributed by atoms with Crippen molar-refractivity contribution in [2.24, 2.45) is 15.4 Å². The third kappa shape index (κ3) is 3.21. The quantitative estimate of drug-likeness (QED) is 0.558. The van der Waals surface area contributed by atoms with Crippen LogP contribution in [-0.4, -0.2) is 16.4 Å². The van der Waals surface area contributed by atoms with Crippen molar-refractivity contribution in [1.29, 1.82) is 0 Å². The Morgan fingerprint density at radius 3 is 1.74 bits per heavy atom. The van der Waals surface area contributed by atoms with Crippen molar-refractivity contribution in [2.75, 3.05) is 0 Å². The summed E-state index contributed by atoms with van der Waals surface area (Å²) in [7, 11) is 0. The Hall–Kier alpha value is -3.07. The first-order valence-electron chi connectivity index (χ1n) is 9.22. The molecule has 1 aliphatic heterocycles. The number of rotatable bonds is 2. The first-order valence-corrected chi connectivity index (χ1v) is 9.22. The van der Waals surface area contributed by atoms with Crippen molar-refractivity contribution < 1.29 is 0 Å². The number of fused-ring (bicyclic) bond motifs is 1. The number of nitrogens with zero attached hydrogens (tertiary/aromatic N) is 3. The van der Waals surface area contributed by atoms with Crippen molar-refractivity contribution >= 4 is 22.9 Å². The molecule has 2 heterocycles. The SMILES string of the molecule is Cc1ccc(C2=Nc3cccnc3N=C(c3ccc(C)cc3)C2(C)C)cc1. The summed E-state index contributed by atoms with van der Waals surface area (Å²) in [6.07, 6.45) is 1.77. The average Bonchev–Trinajstić information content (AvgIpc) is 2.77. The van der Waals surface area contributed by atoms with Crippen LogP contribution in [0.4, 0.5) is 11.5 Å². The van der Waals surface area contributed by atoms with Gasteiger partial charge in [0, 0.05) is 6.20 Å². The van der Waals surface area contributed by atoms with Crippen LogP contribution in [0.1, 0.15) is 36.1 Å². The van der Waals surface area contributed by atoms with Gasteiger partial charge in [0.2, 0.25) is 0 Å². The minimum absolute atomic E-state index is 0.370. The molecule has 0 N–H and O–H groups in total. The highest BCUT2D eigenvalue weighted by Crippen LogP contribution is 2.38. The van der Waals surface area contributed by atoms with E-state index in [0.29, 0.717) is 5.82 Å². The number of benzene rings is 2. The highest BCUT2D eigenvalue weighted by Gasteiger charge is 2.35. The maximum Gasteiger partial charge on any atom is 0.178 e. The van der Waals surface area contributed by atoms with Crippen molar-refractivity contribution in [2.45, 2.75) is 27.7 Å². The Kier molecular flexibility index (Phi) is 4.23. The van der Waals surface area contributed by atoms with Gasteiger partial charge in [0.05, 0.1) is 16.8 Å². The number of hydrogen-bond donors (Lipinski definition) is 0. The van der Waals surface area contributed by atoms with Gasteiger partial charge in [-0.3, -0.25) is 0 Å². The molecule has 0 unspecified atom stereocenters. The van der Waals surface area contributed by atoms with Crippen molar-refractivity contribution in [3.05, 3.63) is 89.1 Å². The molecule has 0 fully saturated rings. The third-order valence-corrected chi connectivity index (χ3v) is 5.05. The van der Waals surface area contributed by atoms with Crippen LogP contribution in [-0.2, 0) is 0 Å². The zero-order chi connectivity index (χ0) is 19.0. The smallest absolute Gasteiger partial charge is 0.178 e. The van der Waals surface area contributed by atoms with Crippen LogP contribution in [0.15, 0.2) is 76.8 Å². The standard InChI is InChI=1S/C24H23N3/c1-16-7-11-18(12-8-16)21-24(3,4)22(19-13-9-17(2)10-14-19)27-23-20(26-21)6-5-15-25-23/h5-15H,1-4H3. The maximum atomic E-state index is 5.02. The molecule has 0 saturated carbocycles. The van der Waals surface area contributed by atoms with E-state index in [1.165, 1.54) is 11.1 Å². The lowest BCUT2D eigenvalue weighted by Crippen LogP contribution is -2.34. The molecule has 0 bridgehead atoms. The van der Waals surface area contributed by atoms with Crippen LogP contribution >= 0.6 is 0 Å². The third-order valence-electron chi connectivity index (χ3n) is 5.05. The van der Waals surface area contributed by atoms with Gasteiger partial charge in [0.15, 0.2) is 5.82 Å². The summed E-state index contributed by atoms with van der Waals surface area (Å²) >= 11 is 0. The van der Waals surface area contributed by atoms with Crippen LogP contribution in [0.3, 0.4) is 0 Å². The molecule has 0 atom stereocenters. The lowest BCUT2D eigenvalue weighted by Gasteiger charge is -2.28. The summed E-state index contributed by atoms with van der Waals surface area (Å²) in [6.45, 7) is 8.58. The van der Waals surface area contributed by atoms with E-state index in [1.54, 1.807) is 6.20 Å². The Morgan fingerprint density at radius 2 is 1.19 bits per heavy atom. The fourth-order valence-corrected chi connectivity index (χ4v) is 3.45. The van der Waals surface area contributed by atoms with Crippen molar-refractivity contribution in [3.8, 4) is 0 Å². The van der Waals surface area contributed by atoms with E-state index in [0.717, 1.165) is 28.2 Å². The molecule has 1 aromatic heterocycles. The van der Waals surface area contributed by atoms with E-state index in [9.17, 15) is 0 Å². The van der Waals surface area contributed by atoms with Crippen molar-refractivity contribution in [1.82, 2.24) is 4.98 Å². The zero-order valence-electron chi connectivity index (χ0n) is 16.2. The molecule has 0 spiro atoms. The highest BCUT2D eigenvalue weighted by atomic mass is 15.0. The second kappa shape index (κ2) is 6.58. The number of aromatic nitrogens is 1. The molecule has 3 heteroatoms. The van der Waals surface area contributed by atoms with E-state index in [4.69, 9.17) is 9.98 Å². The molecule has 27 heavy (non-hydrogen) atoms. The minimum atomic E-state index is -0.370. The molecule has 1 aliphatic rings. The molecule has 134 valence electrons. The lowest BCUT2D eigenvalue weighted by molar-refractivity contribution is 0.731. The molecule has 0 amide bonds. The summed E-state index contributed by atoms with van der Waals surface area (Å²) in [6, 6.07) is 21.0. The Bertz CT molecular complexity index is 955. The lowest BCUT2D eigenvalue weighted by atomic mass is 9.76. The van der Waals surface area contributed by atoms with Gasteiger partial charge in [-0.05, 0) is 51.0 Å². The topological polar surface area (TPSA) is 37.6 Å². The second-order valence-corrected chi connectivity index (χ2v) is 7.62. The van der Waals surface area contributed by atoms with E-state index in [2.05, 4.69) is 81.2 Å². The predicted octanol–water partition coefficient (Wildman–Crippen LogP) is 5.98. The van der Waals surface area contributed by atoms with Crippen LogP contribution in [0, 0.1) is 19.3 Å². The average molecular weight is 353 g/mol. The summed E-state index contributed by atoms with van der Waals surface area (Å²) < 4.78 is 0. The van der Waals surface area contributed by atoms with Gasteiger partial charge >= 0.3 is 0 Å². The second-order valence-electron chi connectivity index (χ2n) is 7.62. The summed E-state index contributed by atoms with van der Waals surface area (Å²) in [5.74, 6) is 0.670. The predicted molar refractivity (Wildman–Crippen MR) is 113 cm³/mol. The fraction of sp³-hybridized carbons (Fsp3) is 0.208. The van der Waals surface area contributed by atoms with Crippen molar-refractivity contribution in [3.63, 3.8) is 0 Å². The number of aliphatic imine (C=N–C) groups is 2.